The molecular weight excluding hydrogens is 370 g/mol. The lowest BCUT2D eigenvalue weighted by atomic mass is 10.00. The molecule has 1 saturated heterocycles. The maximum atomic E-state index is 13.1. The number of aryl methyl sites for hydroxylation is 1. The van der Waals surface area contributed by atoms with Crippen LogP contribution in [0.4, 0.5) is 5.69 Å². The van der Waals surface area contributed by atoms with Gasteiger partial charge in [0.05, 0.1) is 10.6 Å². The highest BCUT2D eigenvalue weighted by Gasteiger charge is 2.35. The average Bonchev–Trinajstić information content (AvgIpc) is 3.10. The number of nitrogens with zero attached hydrogens (tertiary/aromatic N) is 3. The zero-order valence-corrected chi connectivity index (χ0v) is 16.1. The first-order valence-electron chi connectivity index (χ1n) is 9.15. The zero-order valence-electron chi connectivity index (χ0n) is 15.3. The molecule has 3 aliphatic rings. The number of anilines is 1. The summed E-state index contributed by atoms with van der Waals surface area (Å²) in [5, 5.41) is 0. The van der Waals surface area contributed by atoms with Crippen molar-refractivity contribution in [1.29, 1.82) is 0 Å². The van der Waals surface area contributed by atoms with Crippen molar-refractivity contribution >= 4 is 27.5 Å². The normalized spacial score (nSPS) is 20.1. The van der Waals surface area contributed by atoms with E-state index < -0.39 is 10.0 Å². The second-order valence-corrected chi connectivity index (χ2v) is 9.04. The molecule has 0 radical (unpaired) electrons. The van der Waals surface area contributed by atoms with Gasteiger partial charge in [-0.15, -0.1) is 0 Å². The number of hydrogen-bond acceptors (Lipinski definition) is 5. The van der Waals surface area contributed by atoms with Crippen molar-refractivity contribution in [3.63, 3.8) is 0 Å². The van der Waals surface area contributed by atoms with Gasteiger partial charge in [0.2, 0.25) is 21.8 Å². The van der Waals surface area contributed by atoms with E-state index in [1.165, 1.54) is 11.4 Å². The minimum Gasteiger partial charge on any atom is -0.375 e. The molecule has 2 amide bonds. The molecule has 27 heavy (non-hydrogen) atoms. The Kier molecular flexibility index (Phi) is 4.69. The summed E-state index contributed by atoms with van der Waals surface area (Å²) < 4.78 is 32.6. The first-order valence-corrected chi connectivity index (χ1v) is 10.6. The number of sulfonamides is 1. The van der Waals surface area contributed by atoms with Crippen molar-refractivity contribution in [3.8, 4) is 0 Å². The van der Waals surface area contributed by atoms with Gasteiger partial charge in [-0.1, -0.05) is 0 Å². The van der Waals surface area contributed by atoms with Gasteiger partial charge in [0, 0.05) is 46.3 Å². The number of carbonyl (C=O) groups excluding carboxylic acids is 2. The molecule has 3 aliphatic heterocycles. The van der Waals surface area contributed by atoms with Gasteiger partial charge in [-0.25, -0.2) is 8.42 Å². The fourth-order valence-electron chi connectivity index (χ4n) is 4.12. The van der Waals surface area contributed by atoms with Crippen LogP contribution < -0.4 is 4.90 Å². The molecular formula is C18H23N3O5S. The van der Waals surface area contributed by atoms with Gasteiger partial charge < -0.3 is 14.5 Å². The van der Waals surface area contributed by atoms with E-state index in [4.69, 9.17) is 4.74 Å². The summed E-state index contributed by atoms with van der Waals surface area (Å²) in [7, 11) is -2.16. The Balaban J connectivity index is 1.56. The van der Waals surface area contributed by atoms with Crippen molar-refractivity contribution in [1.82, 2.24) is 9.21 Å². The van der Waals surface area contributed by atoms with Crippen LogP contribution in [0.15, 0.2) is 17.0 Å². The molecule has 0 aliphatic carbocycles. The van der Waals surface area contributed by atoms with E-state index in [0.717, 1.165) is 16.8 Å². The van der Waals surface area contributed by atoms with Crippen LogP contribution >= 0.6 is 0 Å². The Morgan fingerprint density at radius 3 is 2.37 bits per heavy atom. The number of carbonyl (C=O) groups is 2. The molecule has 9 heteroatoms. The molecule has 0 spiro atoms. The van der Waals surface area contributed by atoms with Gasteiger partial charge in [-0.05, 0) is 36.1 Å². The number of rotatable bonds is 4. The third-order valence-electron chi connectivity index (χ3n) is 5.52. The fourth-order valence-corrected chi connectivity index (χ4v) is 5.64. The van der Waals surface area contributed by atoms with E-state index in [-0.39, 0.29) is 31.5 Å². The third kappa shape index (κ3) is 3.13. The fraction of sp³-hybridized carbons (Fsp3) is 0.556. The van der Waals surface area contributed by atoms with Crippen LogP contribution in [0, 0.1) is 0 Å². The zero-order chi connectivity index (χ0) is 19.2. The van der Waals surface area contributed by atoms with Crippen LogP contribution in [0.25, 0.3) is 0 Å². The topological polar surface area (TPSA) is 87.2 Å². The predicted molar refractivity (Wildman–Crippen MR) is 98.0 cm³/mol. The second-order valence-electron chi connectivity index (χ2n) is 7.10. The van der Waals surface area contributed by atoms with Gasteiger partial charge in [0.25, 0.3) is 0 Å². The van der Waals surface area contributed by atoms with Gasteiger partial charge in [0.15, 0.2) is 0 Å². The third-order valence-corrected chi connectivity index (χ3v) is 7.40. The van der Waals surface area contributed by atoms with E-state index in [1.807, 2.05) is 0 Å². The Morgan fingerprint density at radius 1 is 1.04 bits per heavy atom. The van der Waals surface area contributed by atoms with Crippen LogP contribution in [0.1, 0.15) is 17.5 Å². The monoisotopic (exact) mass is 393 g/mol. The summed E-state index contributed by atoms with van der Waals surface area (Å²) in [5.74, 6) is -0.00466. The maximum Gasteiger partial charge on any atom is 0.248 e. The molecule has 4 rings (SSSR count). The lowest BCUT2D eigenvalue weighted by Crippen LogP contribution is -2.51. The van der Waals surface area contributed by atoms with Crippen LogP contribution in [0.3, 0.4) is 0 Å². The molecule has 146 valence electrons. The summed E-state index contributed by atoms with van der Waals surface area (Å²) >= 11 is 0. The van der Waals surface area contributed by atoms with Crippen LogP contribution in [-0.2, 0) is 37.2 Å². The van der Waals surface area contributed by atoms with E-state index in [2.05, 4.69) is 0 Å². The van der Waals surface area contributed by atoms with E-state index in [1.54, 1.807) is 21.9 Å². The number of piperazine rings is 1. The molecule has 0 unspecified atom stereocenters. The largest absolute Gasteiger partial charge is 0.375 e. The molecule has 0 atom stereocenters. The van der Waals surface area contributed by atoms with Gasteiger partial charge in [0.1, 0.15) is 6.61 Å². The molecule has 0 saturated carbocycles. The Hall–Kier alpha value is -1.97. The van der Waals surface area contributed by atoms with Crippen molar-refractivity contribution < 1.29 is 22.7 Å². The first-order chi connectivity index (χ1) is 12.9. The van der Waals surface area contributed by atoms with Crippen molar-refractivity contribution in [2.45, 2.75) is 24.2 Å². The Labute approximate surface area is 158 Å². The van der Waals surface area contributed by atoms with E-state index in [0.29, 0.717) is 43.8 Å². The molecule has 8 nitrogen and oxygen atoms in total. The number of methoxy groups -OCH3 is 1. The van der Waals surface area contributed by atoms with E-state index in [9.17, 15) is 18.0 Å². The summed E-state index contributed by atoms with van der Waals surface area (Å²) in [5.41, 5.74) is 2.80. The van der Waals surface area contributed by atoms with E-state index >= 15 is 0 Å². The van der Waals surface area contributed by atoms with Crippen LogP contribution in [-0.4, -0.2) is 75.9 Å². The highest BCUT2D eigenvalue weighted by atomic mass is 32.2. The molecule has 0 N–H and O–H groups in total. The smallest absolute Gasteiger partial charge is 0.248 e. The van der Waals surface area contributed by atoms with Gasteiger partial charge >= 0.3 is 0 Å². The molecule has 1 fully saturated rings. The molecule has 0 aromatic heterocycles. The summed E-state index contributed by atoms with van der Waals surface area (Å²) in [6.45, 7) is 1.91. The maximum absolute atomic E-state index is 13.1. The highest BCUT2D eigenvalue weighted by Crippen LogP contribution is 2.38. The quantitative estimate of drug-likeness (QED) is 0.719. The molecule has 1 aromatic carbocycles. The standard InChI is InChI=1S/C18H23N3O5S/c1-26-12-17(23)19-6-8-20(9-7-19)27(24,25)15-10-13-2-3-16(22)21-5-4-14(11-15)18(13)21/h10-11H,2-9,12H2,1H3. The summed E-state index contributed by atoms with van der Waals surface area (Å²) in [4.78, 5) is 27.7. The second kappa shape index (κ2) is 6.88. The molecule has 1 aromatic rings. The minimum atomic E-state index is -3.62. The number of benzene rings is 1. The van der Waals surface area contributed by atoms with Crippen molar-refractivity contribution in [3.05, 3.63) is 23.3 Å². The Morgan fingerprint density at radius 2 is 1.70 bits per heavy atom. The molecule has 0 bridgehead atoms. The average molecular weight is 393 g/mol. The summed E-state index contributed by atoms with van der Waals surface area (Å²) in [6.07, 6.45) is 1.70. The molecule has 3 heterocycles. The van der Waals surface area contributed by atoms with Crippen molar-refractivity contribution in [2.75, 3.05) is 51.3 Å². The number of ether oxygens (including phenoxy) is 1. The summed E-state index contributed by atoms with van der Waals surface area (Å²) in [6, 6.07) is 3.44. The lowest BCUT2D eigenvalue weighted by Gasteiger charge is -2.34. The SMILES string of the molecule is COCC(=O)N1CCN(S(=O)(=O)c2cc3c4c(c2)CCN4C(=O)CC3)CC1. The number of amides is 2. The van der Waals surface area contributed by atoms with Gasteiger partial charge in [-0.2, -0.15) is 4.31 Å². The minimum absolute atomic E-state index is 0.0101. The van der Waals surface area contributed by atoms with Crippen molar-refractivity contribution in [2.24, 2.45) is 0 Å². The van der Waals surface area contributed by atoms with Crippen LogP contribution in [0.2, 0.25) is 0 Å². The lowest BCUT2D eigenvalue weighted by molar-refractivity contribution is -0.136. The van der Waals surface area contributed by atoms with Gasteiger partial charge in [-0.3, -0.25) is 9.59 Å². The predicted octanol–water partition coefficient (Wildman–Crippen LogP) is 0.00120. The first kappa shape index (κ1) is 18.4. The highest BCUT2D eigenvalue weighted by molar-refractivity contribution is 7.89. The Bertz CT molecular complexity index is 891. The van der Waals surface area contributed by atoms with Crippen LogP contribution in [0.5, 0.6) is 0 Å². The number of hydrogen-bond donors (Lipinski definition) is 0.